The number of rotatable bonds is 7. The van der Waals surface area contributed by atoms with Crippen molar-refractivity contribution in [1.29, 1.82) is 0 Å². The molecule has 1 atom stereocenters. The van der Waals surface area contributed by atoms with Crippen molar-refractivity contribution < 1.29 is 19.0 Å². The van der Waals surface area contributed by atoms with E-state index in [9.17, 15) is 4.79 Å². The Labute approximate surface area is 114 Å². The summed E-state index contributed by atoms with van der Waals surface area (Å²) in [6.07, 6.45) is 1.28. The van der Waals surface area contributed by atoms with Crippen molar-refractivity contribution in [3.05, 3.63) is 17.7 Å². The largest absolute Gasteiger partial charge is 0.493 e. The smallest absolute Gasteiger partial charge is 0.203 e. The maximum atomic E-state index is 12.0. The minimum absolute atomic E-state index is 0.126. The van der Waals surface area contributed by atoms with Gasteiger partial charge in [0, 0.05) is 12.3 Å². The van der Waals surface area contributed by atoms with E-state index in [0.29, 0.717) is 23.7 Å². The van der Waals surface area contributed by atoms with Crippen molar-refractivity contribution in [2.45, 2.75) is 32.6 Å². The van der Waals surface area contributed by atoms with Crippen LogP contribution in [0.5, 0.6) is 17.2 Å². The number of benzene rings is 1. The van der Waals surface area contributed by atoms with Gasteiger partial charge in [0.05, 0.1) is 21.3 Å². The standard InChI is InChI=1S/C15H22O4/c1-6-11(12(16)7-2)10-8-13(17-3)15(19-5)14(9-10)18-4/h8-9,11H,6-7H2,1-5H3/t11-/m0/s1. The predicted molar refractivity (Wildman–Crippen MR) is 74.4 cm³/mol. The molecule has 0 spiro atoms. The highest BCUT2D eigenvalue weighted by Gasteiger charge is 2.21. The van der Waals surface area contributed by atoms with Crippen LogP contribution in [-0.2, 0) is 4.79 Å². The molecule has 0 aliphatic heterocycles. The van der Waals surface area contributed by atoms with E-state index < -0.39 is 0 Å². The van der Waals surface area contributed by atoms with Crippen LogP contribution in [0.15, 0.2) is 12.1 Å². The van der Waals surface area contributed by atoms with Gasteiger partial charge in [0.15, 0.2) is 11.5 Å². The fourth-order valence-corrected chi connectivity index (χ4v) is 2.20. The molecule has 0 unspecified atom stereocenters. The first-order valence-electron chi connectivity index (χ1n) is 6.45. The lowest BCUT2D eigenvalue weighted by Crippen LogP contribution is -2.11. The lowest BCUT2D eigenvalue weighted by atomic mass is 9.90. The van der Waals surface area contributed by atoms with E-state index in [-0.39, 0.29) is 11.7 Å². The van der Waals surface area contributed by atoms with Crippen LogP contribution in [0.25, 0.3) is 0 Å². The van der Waals surface area contributed by atoms with Crippen LogP contribution in [0.1, 0.15) is 38.2 Å². The number of carbonyl (C=O) groups is 1. The van der Waals surface area contributed by atoms with E-state index in [0.717, 1.165) is 12.0 Å². The molecule has 0 saturated carbocycles. The Morgan fingerprint density at radius 1 is 1.05 bits per heavy atom. The molecule has 19 heavy (non-hydrogen) atoms. The van der Waals surface area contributed by atoms with E-state index in [1.165, 1.54) is 0 Å². The number of hydrogen-bond acceptors (Lipinski definition) is 4. The van der Waals surface area contributed by atoms with Gasteiger partial charge in [-0.25, -0.2) is 0 Å². The van der Waals surface area contributed by atoms with Gasteiger partial charge in [-0.15, -0.1) is 0 Å². The third-order valence-electron chi connectivity index (χ3n) is 3.23. The number of carbonyl (C=O) groups excluding carboxylic acids is 1. The maximum Gasteiger partial charge on any atom is 0.203 e. The van der Waals surface area contributed by atoms with E-state index in [2.05, 4.69) is 0 Å². The SMILES string of the molecule is CCC(=O)[C@@H](CC)c1cc(OC)c(OC)c(OC)c1. The molecule has 1 aromatic carbocycles. The summed E-state index contributed by atoms with van der Waals surface area (Å²) in [4.78, 5) is 12.0. The zero-order chi connectivity index (χ0) is 14.4. The minimum atomic E-state index is -0.126. The second kappa shape index (κ2) is 7.02. The number of hydrogen-bond donors (Lipinski definition) is 0. The molecule has 0 fully saturated rings. The van der Waals surface area contributed by atoms with E-state index in [1.54, 1.807) is 21.3 Å². The Balaban J connectivity index is 3.32. The second-order valence-corrected chi connectivity index (χ2v) is 4.24. The molecule has 0 amide bonds. The average Bonchev–Trinajstić information content (AvgIpc) is 2.46. The summed E-state index contributed by atoms with van der Waals surface area (Å²) in [5, 5.41) is 0. The molecule has 0 aliphatic carbocycles. The number of Topliss-reactive ketones (excluding diaryl/α,β-unsaturated/α-hetero) is 1. The molecule has 0 aliphatic rings. The number of ketones is 1. The molecular weight excluding hydrogens is 244 g/mol. The molecule has 1 rings (SSSR count). The molecule has 0 N–H and O–H groups in total. The van der Waals surface area contributed by atoms with Crippen LogP contribution in [0, 0.1) is 0 Å². The first-order valence-corrected chi connectivity index (χ1v) is 6.45. The van der Waals surface area contributed by atoms with Crippen molar-refractivity contribution in [3.63, 3.8) is 0 Å². The molecule has 0 bridgehead atoms. The first kappa shape index (κ1) is 15.3. The Morgan fingerprint density at radius 3 is 1.89 bits per heavy atom. The lowest BCUT2D eigenvalue weighted by molar-refractivity contribution is -0.120. The van der Waals surface area contributed by atoms with Gasteiger partial charge in [-0.05, 0) is 24.1 Å². The summed E-state index contributed by atoms with van der Waals surface area (Å²) < 4.78 is 15.9. The van der Waals surface area contributed by atoms with Crippen LogP contribution >= 0.6 is 0 Å². The van der Waals surface area contributed by atoms with Gasteiger partial charge >= 0.3 is 0 Å². The normalized spacial score (nSPS) is 11.8. The maximum absolute atomic E-state index is 12.0. The van der Waals surface area contributed by atoms with Gasteiger partial charge < -0.3 is 14.2 Å². The van der Waals surface area contributed by atoms with Crippen LogP contribution in [-0.4, -0.2) is 27.1 Å². The molecule has 0 radical (unpaired) electrons. The van der Waals surface area contributed by atoms with Gasteiger partial charge in [0.2, 0.25) is 5.75 Å². The van der Waals surface area contributed by atoms with Gasteiger partial charge in [-0.3, -0.25) is 4.79 Å². The third-order valence-corrected chi connectivity index (χ3v) is 3.23. The van der Waals surface area contributed by atoms with Crippen molar-refractivity contribution in [2.24, 2.45) is 0 Å². The Hall–Kier alpha value is -1.71. The second-order valence-electron chi connectivity index (χ2n) is 4.24. The highest BCUT2D eigenvalue weighted by atomic mass is 16.5. The third kappa shape index (κ3) is 3.19. The lowest BCUT2D eigenvalue weighted by Gasteiger charge is -2.18. The minimum Gasteiger partial charge on any atom is -0.493 e. The average molecular weight is 266 g/mol. The molecule has 4 heteroatoms. The summed E-state index contributed by atoms with van der Waals surface area (Å²) in [6, 6.07) is 3.70. The quantitative estimate of drug-likeness (QED) is 0.760. The molecule has 1 aromatic rings. The van der Waals surface area contributed by atoms with Crippen LogP contribution in [0.2, 0.25) is 0 Å². The molecular formula is C15H22O4. The van der Waals surface area contributed by atoms with Crippen molar-refractivity contribution in [1.82, 2.24) is 0 Å². The van der Waals surface area contributed by atoms with E-state index in [1.807, 2.05) is 26.0 Å². The first-order chi connectivity index (χ1) is 9.12. The number of ether oxygens (including phenoxy) is 3. The van der Waals surface area contributed by atoms with Crippen LogP contribution in [0.4, 0.5) is 0 Å². The number of methoxy groups -OCH3 is 3. The van der Waals surface area contributed by atoms with Crippen molar-refractivity contribution in [2.75, 3.05) is 21.3 Å². The Bertz CT molecular complexity index is 415. The van der Waals surface area contributed by atoms with Gasteiger partial charge in [0.25, 0.3) is 0 Å². The summed E-state index contributed by atoms with van der Waals surface area (Å²) in [7, 11) is 4.71. The van der Waals surface area contributed by atoms with E-state index in [4.69, 9.17) is 14.2 Å². The molecule has 0 saturated heterocycles. The molecule has 0 heterocycles. The van der Waals surface area contributed by atoms with Gasteiger partial charge in [0.1, 0.15) is 5.78 Å². The van der Waals surface area contributed by atoms with Crippen molar-refractivity contribution >= 4 is 5.78 Å². The van der Waals surface area contributed by atoms with Crippen LogP contribution in [0.3, 0.4) is 0 Å². The highest BCUT2D eigenvalue weighted by Crippen LogP contribution is 2.40. The van der Waals surface area contributed by atoms with Crippen LogP contribution < -0.4 is 14.2 Å². The fourth-order valence-electron chi connectivity index (χ4n) is 2.20. The monoisotopic (exact) mass is 266 g/mol. The van der Waals surface area contributed by atoms with Gasteiger partial charge in [-0.2, -0.15) is 0 Å². The van der Waals surface area contributed by atoms with Gasteiger partial charge in [-0.1, -0.05) is 13.8 Å². The predicted octanol–water partition coefficient (Wildman–Crippen LogP) is 3.19. The van der Waals surface area contributed by atoms with E-state index >= 15 is 0 Å². The zero-order valence-electron chi connectivity index (χ0n) is 12.3. The summed E-state index contributed by atoms with van der Waals surface area (Å²) in [5.41, 5.74) is 0.906. The van der Waals surface area contributed by atoms with Crippen molar-refractivity contribution in [3.8, 4) is 17.2 Å². The Kier molecular flexibility index (Phi) is 5.67. The summed E-state index contributed by atoms with van der Waals surface area (Å²) >= 11 is 0. The zero-order valence-corrected chi connectivity index (χ0v) is 12.3. The Morgan fingerprint density at radius 2 is 1.58 bits per heavy atom. The molecule has 0 aromatic heterocycles. The summed E-state index contributed by atoms with van der Waals surface area (Å²) in [5.74, 6) is 1.81. The highest BCUT2D eigenvalue weighted by molar-refractivity contribution is 5.85. The topological polar surface area (TPSA) is 44.8 Å². The fraction of sp³-hybridized carbons (Fsp3) is 0.533. The summed E-state index contributed by atoms with van der Waals surface area (Å²) in [6.45, 7) is 3.88. The molecule has 4 nitrogen and oxygen atoms in total. The molecule has 106 valence electrons.